The summed E-state index contributed by atoms with van der Waals surface area (Å²) < 4.78 is 0. The van der Waals surface area contributed by atoms with E-state index in [0.29, 0.717) is 12.8 Å². The lowest BCUT2D eigenvalue weighted by Crippen LogP contribution is -1.82. The minimum absolute atomic E-state index is 0.686. The normalized spacial score (nSPS) is 9.58. The Labute approximate surface area is 119 Å². The zero-order valence-corrected chi connectivity index (χ0v) is 11.4. The Kier molecular flexibility index (Phi) is 4.73. The van der Waals surface area contributed by atoms with E-state index in [2.05, 4.69) is 60.4 Å². The molecule has 0 radical (unpaired) electrons. The number of terminal acetylenes is 2. The van der Waals surface area contributed by atoms with Gasteiger partial charge in [0.05, 0.1) is 0 Å². The molecule has 0 N–H and O–H groups in total. The van der Waals surface area contributed by atoms with E-state index < -0.39 is 0 Å². The van der Waals surface area contributed by atoms with Gasteiger partial charge in [-0.05, 0) is 35.4 Å². The van der Waals surface area contributed by atoms with Gasteiger partial charge in [-0.25, -0.2) is 0 Å². The van der Waals surface area contributed by atoms with Crippen LogP contribution in [-0.4, -0.2) is 0 Å². The van der Waals surface area contributed by atoms with Crippen molar-refractivity contribution in [3.63, 3.8) is 0 Å². The highest BCUT2D eigenvalue weighted by atomic mass is 32.2. The summed E-state index contributed by atoms with van der Waals surface area (Å²) in [6.45, 7) is 0. The molecule has 0 aromatic heterocycles. The maximum absolute atomic E-state index is 5.29. The van der Waals surface area contributed by atoms with Gasteiger partial charge in [-0.2, -0.15) is 0 Å². The molecular weight excluding hydrogens is 248 g/mol. The molecule has 0 atom stereocenters. The molecule has 0 unspecified atom stereocenters. The van der Waals surface area contributed by atoms with Crippen LogP contribution in [0.5, 0.6) is 0 Å². The summed E-state index contributed by atoms with van der Waals surface area (Å²) in [6.07, 6.45) is 12.0. The van der Waals surface area contributed by atoms with E-state index in [1.165, 1.54) is 20.9 Å². The summed E-state index contributed by atoms with van der Waals surface area (Å²) >= 11 is 1.74. The highest BCUT2D eigenvalue weighted by Crippen LogP contribution is 2.28. The SMILES string of the molecule is C#CCc1ccc(Sc2ccc(CC#C)cc2)cc1. The number of benzene rings is 2. The van der Waals surface area contributed by atoms with Crippen molar-refractivity contribution in [2.24, 2.45) is 0 Å². The third-order valence-corrected chi connectivity index (χ3v) is 3.71. The van der Waals surface area contributed by atoms with E-state index in [0.717, 1.165) is 0 Å². The van der Waals surface area contributed by atoms with Gasteiger partial charge >= 0.3 is 0 Å². The van der Waals surface area contributed by atoms with Gasteiger partial charge in [0.1, 0.15) is 0 Å². The molecule has 0 nitrogen and oxygen atoms in total. The fraction of sp³-hybridized carbons (Fsp3) is 0.111. The number of rotatable bonds is 4. The maximum Gasteiger partial charge on any atom is 0.0337 e. The van der Waals surface area contributed by atoms with Crippen LogP contribution in [0.1, 0.15) is 11.1 Å². The van der Waals surface area contributed by atoms with Crippen LogP contribution in [0.2, 0.25) is 0 Å². The van der Waals surface area contributed by atoms with E-state index in [1.807, 2.05) is 0 Å². The Hall–Kier alpha value is -2.09. The first-order chi connectivity index (χ1) is 9.31. The summed E-state index contributed by atoms with van der Waals surface area (Å²) in [7, 11) is 0. The molecular formula is C18H14S. The molecule has 0 aliphatic rings. The summed E-state index contributed by atoms with van der Waals surface area (Å²) in [5, 5.41) is 0. The van der Waals surface area contributed by atoms with Crippen molar-refractivity contribution in [3.05, 3.63) is 59.7 Å². The van der Waals surface area contributed by atoms with Crippen LogP contribution >= 0.6 is 11.8 Å². The number of hydrogen-bond acceptors (Lipinski definition) is 1. The van der Waals surface area contributed by atoms with Crippen LogP contribution in [0.4, 0.5) is 0 Å². The lowest BCUT2D eigenvalue weighted by Gasteiger charge is -2.03. The maximum atomic E-state index is 5.29. The van der Waals surface area contributed by atoms with Gasteiger partial charge < -0.3 is 0 Å². The molecule has 0 aliphatic carbocycles. The summed E-state index contributed by atoms with van der Waals surface area (Å²) in [6, 6.07) is 16.7. The van der Waals surface area contributed by atoms with E-state index in [4.69, 9.17) is 12.8 Å². The third kappa shape index (κ3) is 3.95. The molecule has 1 heteroatoms. The van der Waals surface area contributed by atoms with Crippen molar-refractivity contribution in [2.75, 3.05) is 0 Å². The smallest absolute Gasteiger partial charge is 0.0337 e. The Bertz CT molecular complexity index is 549. The van der Waals surface area contributed by atoms with Crippen LogP contribution in [0.25, 0.3) is 0 Å². The quantitative estimate of drug-likeness (QED) is 0.745. The van der Waals surface area contributed by atoms with Crippen LogP contribution in [-0.2, 0) is 12.8 Å². The largest absolute Gasteiger partial charge is 0.120 e. The average Bonchev–Trinajstić information content (AvgIpc) is 2.44. The highest BCUT2D eigenvalue weighted by molar-refractivity contribution is 7.99. The molecule has 2 rings (SSSR count). The Morgan fingerprint density at radius 1 is 0.684 bits per heavy atom. The highest BCUT2D eigenvalue weighted by Gasteiger charge is 1.98. The second-order valence-corrected chi connectivity index (χ2v) is 5.30. The molecule has 0 saturated heterocycles. The second-order valence-electron chi connectivity index (χ2n) is 4.15. The summed E-state index contributed by atoms with van der Waals surface area (Å²) in [4.78, 5) is 2.43. The fourth-order valence-corrected chi connectivity index (χ4v) is 2.54. The molecule has 2 aromatic rings. The Morgan fingerprint density at radius 3 is 1.37 bits per heavy atom. The first-order valence-electron chi connectivity index (χ1n) is 6.04. The van der Waals surface area contributed by atoms with E-state index in [9.17, 15) is 0 Å². The molecule has 2 aromatic carbocycles. The van der Waals surface area contributed by atoms with Crippen LogP contribution < -0.4 is 0 Å². The van der Waals surface area contributed by atoms with Crippen molar-refractivity contribution in [1.29, 1.82) is 0 Å². The van der Waals surface area contributed by atoms with Crippen LogP contribution in [0, 0.1) is 24.7 Å². The van der Waals surface area contributed by atoms with Gasteiger partial charge in [0.2, 0.25) is 0 Å². The average molecular weight is 262 g/mol. The molecule has 0 spiro atoms. The van der Waals surface area contributed by atoms with Gasteiger partial charge in [-0.1, -0.05) is 36.0 Å². The minimum atomic E-state index is 0.686. The van der Waals surface area contributed by atoms with E-state index >= 15 is 0 Å². The van der Waals surface area contributed by atoms with Crippen LogP contribution in [0.15, 0.2) is 58.3 Å². The van der Waals surface area contributed by atoms with Crippen molar-refractivity contribution in [2.45, 2.75) is 22.6 Å². The second kappa shape index (κ2) is 6.74. The Morgan fingerprint density at radius 2 is 1.05 bits per heavy atom. The van der Waals surface area contributed by atoms with Crippen molar-refractivity contribution < 1.29 is 0 Å². The topological polar surface area (TPSA) is 0 Å². The zero-order chi connectivity index (χ0) is 13.5. The molecule has 19 heavy (non-hydrogen) atoms. The van der Waals surface area contributed by atoms with E-state index in [1.54, 1.807) is 11.8 Å². The number of hydrogen-bond donors (Lipinski definition) is 0. The molecule has 0 aliphatic heterocycles. The molecule has 0 heterocycles. The van der Waals surface area contributed by atoms with Gasteiger partial charge in [-0.3, -0.25) is 0 Å². The predicted octanol–water partition coefficient (Wildman–Crippen LogP) is 4.19. The zero-order valence-electron chi connectivity index (χ0n) is 10.6. The predicted molar refractivity (Wildman–Crippen MR) is 82.1 cm³/mol. The van der Waals surface area contributed by atoms with Gasteiger partial charge in [0.25, 0.3) is 0 Å². The lowest BCUT2D eigenvalue weighted by atomic mass is 10.2. The van der Waals surface area contributed by atoms with Crippen molar-refractivity contribution in [3.8, 4) is 24.7 Å². The molecule has 0 amide bonds. The first-order valence-corrected chi connectivity index (χ1v) is 6.86. The molecule has 0 fully saturated rings. The molecule has 0 saturated carbocycles. The molecule has 0 bridgehead atoms. The monoisotopic (exact) mass is 262 g/mol. The van der Waals surface area contributed by atoms with Gasteiger partial charge in [0, 0.05) is 22.6 Å². The fourth-order valence-electron chi connectivity index (χ4n) is 1.72. The summed E-state index contributed by atoms with van der Waals surface area (Å²) in [5.74, 6) is 5.30. The molecule has 92 valence electrons. The van der Waals surface area contributed by atoms with Gasteiger partial charge in [-0.15, -0.1) is 24.7 Å². The van der Waals surface area contributed by atoms with Crippen molar-refractivity contribution >= 4 is 11.8 Å². The minimum Gasteiger partial charge on any atom is -0.120 e. The third-order valence-electron chi connectivity index (χ3n) is 2.69. The first kappa shape index (κ1) is 13.3. The lowest BCUT2D eigenvalue weighted by molar-refractivity contribution is 1.27. The van der Waals surface area contributed by atoms with Crippen LogP contribution in [0.3, 0.4) is 0 Å². The van der Waals surface area contributed by atoms with Crippen molar-refractivity contribution in [1.82, 2.24) is 0 Å². The Balaban J connectivity index is 2.04. The standard InChI is InChI=1S/C18H14S/c1-3-5-15-7-11-17(12-8-15)19-18-13-9-16(6-4-2)10-14-18/h1-2,7-14H,5-6H2. The van der Waals surface area contributed by atoms with E-state index in [-0.39, 0.29) is 0 Å². The summed E-state index contributed by atoms with van der Waals surface area (Å²) in [5.41, 5.74) is 2.35. The van der Waals surface area contributed by atoms with Gasteiger partial charge in [0.15, 0.2) is 0 Å².